The Labute approximate surface area is 194 Å². The van der Waals surface area contributed by atoms with Crippen LogP contribution in [0, 0.1) is 5.92 Å². The lowest BCUT2D eigenvalue weighted by Crippen LogP contribution is -2.45. The molecule has 2 heterocycles. The second-order valence-electron chi connectivity index (χ2n) is 9.20. The van der Waals surface area contributed by atoms with Crippen LogP contribution < -0.4 is 5.32 Å². The second kappa shape index (κ2) is 10.1. The average molecular weight is 449 g/mol. The van der Waals surface area contributed by atoms with Crippen molar-refractivity contribution in [3.8, 4) is 0 Å². The number of para-hydroxylation sites is 2. The van der Waals surface area contributed by atoms with Gasteiger partial charge in [-0.05, 0) is 55.4 Å². The van der Waals surface area contributed by atoms with Crippen LogP contribution in [0.1, 0.15) is 54.4 Å². The third-order valence-electron chi connectivity index (χ3n) is 6.91. The number of hydrogen-bond donors (Lipinski definition) is 2. The van der Waals surface area contributed by atoms with Gasteiger partial charge in [0.15, 0.2) is 5.16 Å². The van der Waals surface area contributed by atoms with Gasteiger partial charge in [-0.2, -0.15) is 0 Å². The number of amides is 1. The number of H-pyrrole nitrogens is 1. The van der Waals surface area contributed by atoms with E-state index in [0.717, 1.165) is 59.2 Å². The third kappa shape index (κ3) is 5.18. The van der Waals surface area contributed by atoms with E-state index < -0.39 is 0 Å². The minimum absolute atomic E-state index is 0.0556. The molecule has 1 aliphatic carbocycles. The number of hydrogen-bond acceptors (Lipinski definition) is 4. The fourth-order valence-electron chi connectivity index (χ4n) is 5.09. The third-order valence-corrected chi connectivity index (χ3v) is 7.83. The first kappa shape index (κ1) is 21.5. The number of carbonyl (C=O) groups excluding carboxylic acids is 1. The first-order valence-corrected chi connectivity index (χ1v) is 12.9. The van der Waals surface area contributed by atoms with E-state index in [1.165, 1.54) is 32.2 Å². The highest BCUT2D eigenvalue weighted by atomic mass is 32.2. The molecule has 5 rings (SSSR count). The lowest BCUT2D eigenvalue weighted by Gasteiger charge is -2.34. The summed E-state index contributed by atoms with van der Waals surface area (Å²) in [7, 11) is 0. The monoisotopic (exact) mass is 448 g/mol. The number of rotatable bonds is 7. The average Bonchev–Trinajstić information content (AvgIpc) is 3.48. The Morgan fingerprint density at radius 3 is 2.59 bits per heavy atom. The number of nitrogens with zero attached hydrogens (tertiary/aromatic N) is 2. The van der Waals surface area contributed by atoms with Gasteiger partial charge in [-0.1, -0.05) is 54.9 Å². The van der Waals surface area contributed by atoms with Crippen LogP contribution in [0.25, 0.3) is 11.0 Å². The van der Waals surface area contributed by atoms with Crippen LogP contribution in [0.15, 0.2) is 53.7 Å². The van der Waals surface area contributed by atoms with Gasteiger partial charge in [0.1, 0.15) is 0 Å². The first-order chi connectivity index (χ1) is 15.7. The van der Waals surface area contributed by atoms with Crippen LogP contribution in [0.4, 0.5) is 0 Å². The maximum Gasteiger partial charge on any atom is 0.251 e. The van der Waals surface area contributed by atoms with E-state index in [-0.39, 0.29) is 11.9 Å². The zero-order valence-electron chi connectivity index (χ0n) is 18.6. The van der Waals surface area contributed by atoms with Crippen molar-refractivity contribution in [2.45, 2.75) is 55.5 Å². The summed E-state index contributed by atoms with van der Waals surface area (Å²) < 4.78 is 0. The summed E-state index contributed by atoms with van der Waals surface area (Å²) in [6.45, 7) is 3.46. The van der Waals surface area contributed by atoms with Crippen LogP contribution in [0.2, 0.25) is 0 Å². The highest BCUT2D eigenvalue weighted by Gasteiger charge is 2.25. The molecule has 2 aliphatic rings. The molecule has 6 heteroatoms. The van der Waals surface area contributed by atoms with E-state index in [1.54, 1.807) is 11.8 Å². The summed E-state index contributed by atoms with van der Waals surface area (Å²) in [6, 6.07) is 16.3. The summed E-state index contributed by atoms with van der Waals surface area (Å²) in [5.74, 6) is 1.67. The van der Waals surface area contributed by atoms with Crippen molar-refractivity contribution in [1.82, 2.24) is 20.2 Å². The van der Waals surface area contributed by atoms with Crippen molar-refractivity contribution in [2.75, 3.05) is 19.6 Å². The standard InChI is InChI=1S/C26H32N4OS/c31-25(27-21-13-15-30(16-14-21)17-19-7-1-2-8-19)22-10-4-3-9-20(22)18-32-26-28-23-11-5-6-12-24(23)29-26/h3-6,9-12,19,21H,1-2,7-8,13-18H2,(H,27,31)(H,28,29). The maximum absolute atomic E-state index is 13.1. The number of benzene rings is 2. The molecule has 0 bridgehead atoms. The van der Waals surface area contributed by atoms with Crippen LogP contribution in [0.5, 0.6) is 0 Å². The second-order valence-corrected chi connectivity index (χ2v) is 10.2. The number of likely N-dealkylation sites (tertiary alicyclic amines) is 1. The van der Waals surface area contributed by atoms with Crippen molar-refractivity contribution < 1.29 is 4.79 Å². The molecular formula is C26H32N4OS. The summed E-state index contributed by atoms with van der Waals surface area (Å²) in [6.07, 6.45) is 7.72. The van der Waals surface area contributed by atoms with E-state index in [9.17, 15) is 4.79 Å². The highest BCUT2D eigenvalue weighted by molar-refractivity contribution is 7.98. The summed E-state index contributed by atoms with van der Waals surface area (Å²) in [4.78, 5) is 23.7. The molecule has 0 radical (unpaired) electrons. The Balaban J connectivity index is 1.16. The van der Waals surface area contributed by atoms with Crippen molar-refractivity contribution >= 4 is 28.7 Å². The Bertz CT molecular complexity index is 1020. The molecular weight excluding hydrogens is 416 g/mol. The van der Waals surface area contributed by atoms with Crippen molar-refractivity contribution in [3.05, 3.63) is 59.7 Å². The molecule has 0 atom stereocenters. The number of nitrogens with one attached hydrogen (secondary N) is 2. The highest BCUT2D eigenvalue weighted by Crippen LogP contribution is 2.27. The Kier molecular flexibility index (Phi) is 6.79. The first-order valence-electron chi connectivity index (χ1n) is 11.9. The Morgan fingerprint density at radius 2 is 1.78 bits per heavy atom. The number of aromatic nitrogens is 2. The van der Waals surface area contributed by atoms with Gasteiger partial charge in [0.05, 0.1) is 11.0 Å². The van der Waals surface area contributed by atoms with Crippen LogP contribution in [-0.2, 0) is 5.75 Å². The molecule has 2 fully saturated rings. The Morgan fingerprint density at radius 1 is 1.03 bits per heavy atom. The van der Waals surface area contributed by atoms with Gasteiger partial charge in [-0.15, -0.1) is 0 Å². The van der Waals surface area contributed by atoms with Gasteiger partial charge in [-0.3, -0.25) is 4.79 Å². The molecule has 2 aromatic carbocycles. The molecule has 5 nitrogen and oxygen atoms in total. The van der Waals surface area contributed by atoms with Crippen molar-refractivity contribution in [1.29, 1.82) is 0 Å². The van der Waals surface area contributed by atoms with Crippen molar-refractivity contribution in [3.63, 3.8) is 0 Å². The van der Waals surface area contributed by atoms with Gasteiger partial charge in [-0.25, -0.2) is 4.98 Å². The molecule has 0 spiro atoms. The van der Waals surface area contributed by atoms with Crippen LogP contribution >= 0.6 is 11.8 Å². The predicted molar refractivity (Wildman–Crippen MR) is 131 cm³/mol. The number of thioether (sulfide) groups is 1. The van der Waals surface area contributed by atoms with Crippen LogP contribution in [0.3, 0.4) is 0 Å². The van der Waals surface area contributed by atoms with E-state index in [1.807, 2.05) is 42.5 Å². The smallest absolute Gasteiger partial charge is 0.251 e. The molecule has 0 unspecified atom stereocenters. The number of aromatic amines is 1. The van der Waals surface area contributed by atoms with Gasteiger partial charge in [0.25, 0.3) is 5.91 Å². The topological polar surface area (TPSA) is 61.0 Å². The zero-order valence-corrected chi connectivity index (χ0v) is 19.4. The summed E-state index contributed by atoms with van der Waals surface area (Å²) in [5.41, 5.74) is 3.85. The number of imidazole rings is 1. The number of piperidine rings is 1. The van der Waals surface area contributed by atoms with E-state index in [4.69, 9.17) is 0 Å². The molecule has 1 amide bonds. The number of carbonyl (C=O) groups is 1. The molecule has 168 valence electrons. The fraction of sp³-hybridized carbons (Fsp3) is 0.462. The predicted octanol–water partition coefficient (Wildman–Crippen LogP) is 5.24. The van der Waals surface area contributed by atoms with E-state index in [0.29, 0.717) is 5.75 Å². The van der Waals surface area contributed by atoms with Gasteiger partial charge < -0.3 is 15.2 Å². The molecule has 2 N–H and O–H groups in total. The van der Waals surface area contributed by atoms with Gasteiger partial charge in [0, 0.05) is 37.0 Å². The lowest BCUT2D eigenvalue weighted by molar-refractivity contribution is 0.0905. The van der Waals surface area contributed by atoms with Crippen LogP contribution in [-0.4, -0.2) is 46.5 Å². The minimum atomic E-state index is 0.0556. The van der Waals surface area contributed by atoms with Crippen molar-refractivity contribution in [2.24, 2.45) is 5.92 Å². The molecule has 32 heavy (non-hydrogen) atoms. The molecule has 3 aromatic rings. The normalized spacial score (nSPS) is 18.4. The summed E-state index contributed by atoms with van der Waals surface area (Å²) in [5, 5.41) is 4.20. The summed E-state index contributed by atoms with van der Waals surface area (Å²) >= 11 is 1.64. The maximum atomic E-state index is 13.1. The Hall–Kier alpha value is -2.31. The SMILES string of the molecule is O=C(NC1CCN(CC2CCCC2)CC1)c1ccccc1CSc1nc2ccccc2[nH]1. The largest absolute Gasteiger partial charge is 0.349 e. The molecule has 1 saturated heterocycles. The minimum Gasteiger partial charge on any atom is -0.349 e. The number of fused-ring (bicyclic) bond motifs is 1. The quantitative estimate of drug-likeness (QED) is 0.485. The van der Waals surface area contributed by atoms with E-state index >= 15 is 0 Å². The van der Waals surface area contributed by atoms with Gasteiger partial charge in [0.2, 0.25) is 0 Å². The fourth-order valence-corrected chi connectivity index (χ4v) is 5.98. The zero-order chi connectivity index (χ0) is 21.8. The van der Waals surface area contributed by atoms with Gasteiger partial charge >= 0.3 is 0 Å². The molecule has 1 saturated carbocycles. The molecule has 1 aliphatic heterocycles. The molecule has 1 aromatic heterocycles. The lowest BCUT2D eigenvalue weighted by atomic mass is 10.0. The van der Waals surface area contributed by atoms with E-state index in [2.05, 4.69) is 26.3 Å².